The number of benzene rings is 1. The van der Waals surface area contributed by atoms with Gasteiger partial charge in [-0.3, -0.25) is 14.5 Å². The highest BCUT2D eigenvalue weighted by Crippen LogP contribution is 2.45. The van der Waals surface area contributed by atoms with E-state index in [-0.39, 0.29) is 24.2 Å². The lowest BCUT2D eigenvalue weighted by atomic mass is 9.69. The summed E-state index contributed by atoms with van der Waals surface area (Å²) in [5.41, 5.74) is 1.74. The van der Waals surface area contributed by atoms with Crippen molar-refractivity contribution < 1.29 is 9.59 Å². The molecule has 5 heteroatoms. The first kappa shape index (κ1) is 18.9. The monoisotopic (exact) mass is 350 g/mol. The number of rotatable bonds is 4. The molecular weight excluding hydrogens is 324 g/mol. The topological polar surface area (TPSA) is 40.6 Å². The molecule has 24 heavy (non-hydrogen) atoms. The van der Waals surface area contributed by atoms with Gasteiger partial charge in [-0.1, -0.05) is 24.3 Å². The summed E-state index contributed by atoms with van der Waals surface area (Å²) in [7, 11) is 4.05. The van der Waals surface area contributed by atoms with E-state index in [1.807, 2.05) is 32.3 Å². The molecule has 1 aliphatic heterocycles. The van der Waals surface area contributed by atoms with Gasteiger partial charge in [-0.2, -0.15) is 0 Å². The van der Waals surface area contributed by atoms with Crippen molar-refractivity contribution >= 4 is 24.2 Å². The molecule has 2 amide bonds. The smallest absolute Gasteiger partial charge is 0.240 e. The Kier molecular flexibility index (Phi) is 5.71. The van der Waals surface area contributed by atoms with Gasteiger partial charge in [0.05, 0.1) is 5.41 Å². The molecule has 2 atom stereocenters. The molecule has 1 aromatic carbocycles. The van der Waals surface area contributed by atoms with E-state index >= 15 is 0 Å². The SMILES string of the molecule is CC(CCN1C(=O)CC2(CCCc3ccccc32)C1=O)N(C)C.Cl. The van der Waals surface area contributed by atoms with E-state index in [1.54, 1.807) is 0 Å². The fourth-order valence-corrected chi connectivity index (χ4v) is 3.93. The van der Waals surface area contributed by atoms with Crippen LogP contribution >= 0.6 is 12.4 Å². The standard InChI is InChI=1S/C19H26N2O2.ClH/c1-14(20(2)3)10-12-21-17(22)13-19(18(21)23)11-6-8-15-7-4-5-9-16(15)19;/h4-5,7,9,14H,6,8,10-13H2,1-3H3;1H. The quantitative estimate of drug-likeness (QED) is 0.784. The van der Waals surface area contributed by atoms with Crippen molar-refractivity contribution in [2.45, 2.75) is 50.5 Å². The van der Waals surface area contributed by atoms with Gasteiger partial charge in [-0.05, 0) is 57.8 Å². The number of imide groups is 1. The van der Waals surface area contributed by atoms with Gasteiger partial charge in [-0.25, -0.2) is 0 Å². The molecule has 4 nitrogen and oxygen atoms in total. The Morgan fingerprint density at radius 3 is 2.67 bits per heavy atom. The summed E-state index contributed by atoms with van der Waals surface area (Å²) in [6.07, 6.45) is 3.96. The predicted octanol–water partition coefficient (Wildman–Crippen LogP) is 2.78. The lowest BCUT2D eigenvalue weighted by Gasteiger charge is -2.33. The zero-order valence-electron chi connectivity index (χ0n) is 14.7. The second-order valence-corrected chi connectivity index (χ2v) is 7.22. The highest BCUT2D eigenvalue weighted by molar-refractivity contribution is 6.09. The summed E-state index contributed by atoms with van der Waals surface area (Å²) in [4.78, 5) is 29.3. The van der Waals surface area contributed by atoms with Crippen molar-refractivity contribution in [1.82, 2.24) is 9.80 Å². The Labute approximate surface area is 150 Å². The van der Waals surface area contributed by atoms with Gasteiger partial charge in [0.1, 0.15) is 0 Å². The second-order valence-electron chi connectivity index (χ2n) is 7.22. The van der Waals surface area contributed by atoms with Crippen LogP contribution in [0, 0.1) is 0 Å². The first-order valence-electron chi connectivity index (χ1n) is 8.55. The average Bonchev–Trinajstić information content (AvgIpc) is 2.77. The third-order valence-corrected chi connectivity index (χ3v) is 5.64. The zero-order valence-corrected chi connectivity index (χ0v) is 15.6. The summed E-state index contributed by atoms with van der Waals surface area (Å²) < 4.78 is 0. The molecule has 1 spiro atoms. The maximum Gasteiger partial charge on any atom is 0.240 e. The number of hydrogen-bond acceptors (Lipinski definition) is 3. The number of carbonyl (C=O) groups excluding carboxylic acids is 2. The van der Waals surface area contributed by atoms with Crippen LogP contribution in [-0.2, 0) is 21.4 Å². The summed E-state index contributed by atoms with van der Waals surface area (Å²) in [6.45, 7) is 2.65. The minimum atomic E-state index is -0.590. The fourth-order valence-electron chi connectivity index (χ4n) is 3.93. The Balaban J connectivity index is 0.00000208. The van der Waals surface area contributed by atoms with Crippen LogP contribution < -0.4 is 0 Å². The first-order chi connectivity index (χ1) is 11.0. The van der Waals surface area contributed by atoms with E-state index in [4.69, 9.17) is 0 Å². The van der Waals surface area contributed by atoms with Crippen LogP contribution in [0.25, 0.3) is 0 Å². The number of fused-ring (bicyclic) bond motifs is 2. The van der Waals surface area contributed by atoms with E-state index in [0.717, 1.165) is 31.2 Å². The van der Waals surface area contributed by atoms with Crippen LogP contribution in [0.3, 0.4) is 0 Å². The maximum absolute atomic E-state index is 13.1. The predicted molar refractivity (Wildman–Crippen MR) is 97.4 cm³/mol. The van der Waals surface area contributed by atoms with E-state index < -0.39 is 5.41 Å². The second kappa shape index (κ2) is 7.24. The summed E-state index contributed by atoms with van der Waals surface area (Å²) in [6, 6.07) is 8.51. The van der Waals surface area contributed by atoms with E-state index in [1.165, 1.54) is 10.5 Å². The van der Waals surface area contributed by atoms with Crippen molar-refractivity contribution in [3.05, 3.63) is 35.4 Å². The van der Waals surface area contributed by atoms with Gasteiger partial charge in [0.15, 0.2) is 0 Å². The van der Waals surface area contributed by atoms with Gasteiger partial charge < -0.3 is 4.90 Å². The van der Waals surface area contributed by atoms with Crippen LogP contribution in [0.1, 0.15) is 43.7 Å². The lowest BCUT2D eigenvalue weighted by Crippen LogP contribution is -2.42. The Hall–Kier alpha value is -1.39. The van der Waals surface area contributed by atoms with Crippen LogP contribution in [0.5, 0.6) is 0 Å². The Morgan fingerprint density at radius 2 is 1.96 bits per heavy atom. The molecule has 1 aliphatic carbocycles. The number of halogens is 1. The van der Waals surface area contributed by atoms with E-state index in [9.17, 15) is 9.59 Å². The fraction of sp³-hybridized carbons (Fsp3) is 0.579. The third kappa shape index (κ3) is 3.09. The van der Waals surface area contributed by atoms with Crippen LogP contribution in [0.2, 0.25) is 0 Å². The molecule has 3 rings (SSSR count). The molecular formula is C19H27ClN2O2. The van der Waals surface area contributed by atoms with E-state index in [2.05, 4.69) is 17.9 Å². The van der Waals surface area contributed by atoms with Crippen molar-refractivity contribution in [3.63, 3.8) is 0 Å². The van der Waals surface area contributed by atoms with Crippen molar-refractivity contribution in [3.8, 4) is 0 Å². The van der Waals surface area contributed by atoms with Crippen LogP contribution in [0.4, 0.5) is 0 Å². The lowest BCUT2D eigenvalue weighted by molar-refractivity contribution is -0.140. The number of hydrogen-bond donors (Lipinski definition) is 0. The summed E-state index contributed by atoms with van der Waals surface area (Å²) >= 11 is 0. The molecule has 2 aliphatic rings. The average molecular weight is 351 g/mol. The number of carbonyl (C=O) groups is 2. The van der Waals surface area contributed by atoms with Gasteiger partial charge in [0, 0.05) is 19.0 Å². The summed E-state index contributed by atoms with van der Waals surface area (Å²) in [5.74, 6) is 0.0262. The largest absolute Gasteiger partial charge is 0.307 e. The number of likely N-dealkylation sites (tertiary alicyclic amines) is 1. The zero-order chi connectivity index (χ0) is 16.6. The van der Waals surface area contributed by atoms with Crippen molar-refractivity contribution in [1.29, 1.82) is 0 Å². The Bertz CT molecular complexity index is 632. The third-order valence-electron chi connectivity index (χ3n) is 5.64. The molecule has 1 aromatic rings. The molecule has 0 radical (unpaired) electrons. The molecule has 1 saturated heterocycles. The molecule has 1 heterocycles. The first-order valence-corrected chi connectivity index (χ1v) is 8.55. The van der Waals surface area contributed by atoms with Gasteiger partial charge in [0.2, 0.25) is 11.8 Å². The Morgan fingerprint density at radius 1 is 1.25 bits per heavy atom. The van der Waals surface area contributed by atoms with Crippen LogP contribution in [0.15, 0.2) is 24.3 Å². The molecule has 0 bridgehead atoms. The summed E-state index contributed by atoms with van der Waals surface area (Å²) in [5, 5.41) is 0. The maximum atomic E-state index is 13.1. The highest BCUT2D eigenvalue weighted by atomic mass is 35.5. The van der Waals surface area contributed by atoms with Gasteiger partial charge in [-0.15, -0.1) is 12.4 Å². The minimum absolute atomic E-state index is 0. The molecule has 0 N–H and O–H groups in total. The van der Waals surface area contributed by atoms with Crippen molar-refractivity contribution in [2.24, 2.45) is 0 Å². The number of amides is 2. The molecule has 132 valence electrons. The molecule has 0 saturated carbocycles. The molecule has 0 aromatic heterocycles. The normalized spacial score (nSPS) is 24.2. The highest BCUT2D eigenvalue weighted by Gasteiger charge is 2.53. The molecule has 2 unspecified atom stereocenters. The number of aryl methyl sites for hydroxylation is 1. The van der Waals surface area contributed by atoms with Gasteiger partial charge >= 0.3 is 0 Å². The number of nitrogens with zero attached hydrogens (tertiary/aromatic N) is 2. The molecule has 1 fully saturated rings. The minimum Gasteiger partial charge on any atom is -0.307 e. The van der Waals surface area contributed by atoms with Crippen LogP contribution in [-0.4, -0.2) is 48.3 Å². The van der Waals surface area contributed by atoms with Crippen molar-refractivity contribution in [2.75, 3.05) is 20.6 Å². The van der Waals surface area contributed by atoms with Gasteiger partial charge in [0.25, 0.3) is 0 Å². The van der Waals surface area contributed by atoms with E-state index in [0.29, 0.717) is 19.0 Å².